The third-order valence-electron chi connectivity index (χ3n) is 10.9. The number of hydrogen-bond donors (Lipinski definition) is 5. The minimum Gasteiger partial charge on any atom is -0.379 e. The van der Waals surface area contributed by atoms with E-state index in [4.69, 9.17) is 15.2 Å². The van der Waals surface area contributed by atoms with E-state index in [0.29, 0.717) is 31.6 Å². The highest BCUT2D eigenvalue weighted by Gasteiger charge is 2.43. The van der Waals surface area contributed by atoms with Crippen molar-refractivity contribution in [3.05, 3.63) is 41.7 Å². The van der Waals surface area contributed by atoms with Gasteiger partial charge in [0.25, 0.3) is 0 Å². The molecule has 54 heavy (non-hydrogen) atoms. The summed E-state index contributed by atoms with van der Waals surface area (Å²) in [5.74, 6) is -1.34. The Morgan fingerprint density at radius 2 is 1.70 bits per heavy atom. The number of H-pyrrole nitrogens is 1. The van der Waals surface area contributed by atoms with Gasteiger partial charge in [0.15, 0.2) is 5.82 Å². The van der Waals surface area contributed by atoms with Crippen molar-refractivity contribution in [1.82, 2.24) is 46.4 Å². The van der Waals surface area contributed by atoms with Crippen molar-refractivity contribution >= 4 is 23.6 Å². The van der Waals surface area contributed by atoms with E-state index >= 15 is 0 Å². The Balaban J connectivity index is 1.78. The van der Waals surface area contributed by atoms with Crippen LogP contribution in [0.4, 0.5) is 0 Å². The number of nitrogens with two attached hydrogens (primary N) is 1. The van der Waals surface area contributed by atoms with Gasteiger partial charge in [0.2, 0.25) is 23.6 Å². The van der Waals surface area contributed by atoms with Crippen molar-refractivity contribution in [1.29, 1.82) is 0 Å². The number of benzene rings is 1. The van der Waals surface area contributed by atoms with E-state index in [-0.39, 0.29) is 47.9 Å². The highest BCUT2D eigenvalue weighted by Crippen LogP contribution is 2.30. The molecule has 2 heterocycles. The van der Waals surface area contributed by atoms with Crippen LogP contribution >= 0.6 is 0 Å². The number of ether oxygens (including phenoxy) is 2. The smallest absolute Gasteiger partial charge is 0.246 e. The average molecular weight is 757 g/mol. The van der Waals surface area contributed by atoms with Crippen molar-refractivity contribution in [2.45, 2.75) is 122 Å². The molecule has 0 aliphatic carbocycles. The third kappa shape index (κ3) is 11.3. The Kier molecular flexibility index (Phi) is 17.4. The predicted octanol–water partition coefficient (Wildman–Crippen LogP) is 1.60. The van der Waals surface area contributed by atoms with Crippen LogP contribution in [0, 0.1) is 17.8 Å². The van der Waals surface area contributed by atoms with E-state index in [1.165, 1.54) is 0 Å². The summed E-state index contributed by atoms with van der Waals surface area (Å²) in [6.07, 6.45) is 1.32. The fraction of sp³-hybridized carbons (Fsp3) is 0.711. The van der Waals surface area contributed by atoms with E-state index in [1.54, 1.807) is 52.0 Å². The second-order valence-electron chi connectivity index (χ2n) is 15.0. The molecule has 1 aromatic carbocycles. The summed E-state index contributed by atoms with van der Waals surface area (Å²) in [7, 11) is 6.48. The minimum absolute atomic E-state index is 0.00133. The summed E-state index contributed by atoms with van der Waals surface area (Å²) < 4.78 is 12.0. The number of likely N-dealkylation sites (tertiary alicyclic amines) is 1. The van der Waals surface area contributed by atoms with Gasteiger partial charge in [0.05, 0.1) is 48.7 Å². The topological polar surface area (TPSA) is 210 Å². The van der Waals surface area contributed by atoms with Gasteiger partial charge in [-0.1, -0.05) is 71.4 Å². The Morgan fingerprint density at radius 1 is 1.02 bits per heavy atom. The number of amides is 4. The number of rotatable bonds is 21. The first-order valence-electron chi connectivity index (χ1n) is 19.1. The summed E-state index contributed by atoms with van der Waals surface area (Å²) in [5, 5.41) is 23.2. The van der Waals surface area contributed by atoms with E-state index in [2.05, 4.69) is 36.6 Å². The molecule has 10 atom stereocenters. The highest BCUT2D eigenvalue weighted by molar-refractivity contribution is 5.90. The Labute approximate surface area is 320 Å². The zero-order valence-corrected chi connectivity index (χ0v) is 33.7. The standard InChI is InChI=1S/C38H64N10O6/c1-11-23(4)33(47(8)38(52)32(25(6)39)42-37(51)31(40-7)22(2)3)29(53-9)21-30(49)48-19-15-18-28(48)34(54-10)24(5)36(50)41-27(35-43-45-46-44-35)20-26-16-13-12-14-17-26/h12-14,16-17,22-25,27-29,31-34,40H,11,15,18-21,39H2,1-10H3,(H,41,50)(H,42,51)(H,43,44,45,46)/t23-,24+,25-,27-,28-,29+,31?,32-,33-,34+/m0/s1. The Bertz CT molecular complexity index is 1460. The molecule has 1 aromatic heterocycles. The van der Waals surface area contributed by atoms with Gasteiger partial charge in [0.1, 0.15) is 6.04 Å². The first-order valence-corrected chi connectivity index (χ1v) is 19.1. The lowest BCUT2D eigenvalue weighted by Gasteiger charge is -2.41. The van der Waals surface area contributed by atoms with E-state index in [9.17, 15) is 19.2 Å². The molecule has 3 rings (SSSR count). The van der Waals surface area contributed by atoms with Crippen LogP contribution < -0.4 is 21.7 Å². The van der Waals surface area contributed by atoms with Crippen LogP contribution in [0.15, 0.2) is 30.3 Å². The van der Waals surface area contributed by atoms with Gasteiger partial charge in [-0.15, -0.1) is 5.10 Å². The molecule has 0 radical (unpaired) electrons. The molecule has 1 aliphatic rings. The lowest BCUT2D eigenvalue weighted by molar-refractivity contribution is -0.147. The van der Waals surface area contributed by atoms with Crippen molar-refractivity contribution in [3.63, 3.8) is 0 Å². The first kappa shape index (κ1) is 44.4. The third-order valence-corrected chi connectivity index (χ3v) is 10.9. The molecule has 16 heteroatoms. The van der Waals surface area contributed by atoms with E-state index in [1.807, 2.05) is 58.0 Å². The molecule has 0 saturated carbocycles. The van der Waals surface area contributed by atoms with E-state index in [0.717, 1.165) is 12.0 Å². The first-order chi connectivity index (χ1) is 25.7. The zero-order valence-electron chi connectivity index (χ0n) is 33.7. The number of carbonyl (C=O) groups is 4. The number of hydrogen-bond acceptors (Lipinski definition) is 11. The van der Waals surface area contributed by atoms with Crippen molar-refractivity contribution in [2.24, 2.45) is 23.5 Å². The molecule has 0 spiro atoms. The van der Waals surface area contributed by atoms with Gasteiger partial charge < -0.3 is 41.0 Å². The second-order valence-corrected chi connectivity index (χ2v) is 15.0. The normalized spacial score (nSPS) is 19.6. The van der Waals surface area contributed by atoms with Gasteiger partial charge >= 0.3 is 0 Å². The quantitative estimate of drug-likeness (QED) is 0.124. The van der Waals surface area contributed by atoms with Crippen molar-refractivity contribution < 1.29 is 28.7 Å². The number of methoxy groups -OCH3 is 2. The molecule has 1 unspecified atom stereocenters. The zero-order chi connectivity index (χ0) is 40.1. The molecule has 0 bridgehead atoms. The number of nitrogens with zero attached hydrogens (tertiary/aromatic N) is 5. The molecule has 6 N–H and O–H groups in total. The molecule has 4 amide bonds. The number of tetrazole rings is 1. The van der Waals surface area contributed by atoms with E-state index < -0.39 is 48.3 Å². The molecule has 1 fully saturated rings. The fourth-order valence-electron chi connectivity index (χ4n) is 7.64. The largest absolute Gasteiger partial charge is 0.379 e. The maximum atomic E-state index is 14.2. The minimum atomic E-state index is -0.984. The van der Waals surface area contributed by atoms with Crippen LogP contribution in [0.5, 0.6) is 0 Å². The predicted molar refractivity (Wildman–Crippen MR) is 205 cm³/mol. The number of aromatic amines is 1. The molecule has 16 nitrogen and oxygen atoms in total. The van der Waals surface area contributed by atoms with Gasteiger partial charge in [-0.2, -0.15) is 0 Å². The SMILES string of the molecule is CC[C@H](C)[C@@H]([C@@H](CC(=O)N1CCC[C@H]1[C@H](OC)[C@@H](C)C(=O)N[C@@H](Cc1ccccc1)c1nnn[nH]1)OC)N(C)C(=O)[C@@H](NC(=O)C(NC)C(C)C)[C@H](C)N. The van der Waals surface area contributed by atoms with Gasteiger partial charge in [-0.25, -0.2) is 5.10 Å². The number of carbonyl (C=O) groups excluding carboxylic acids is 4. The van der Waals surface area contributed by atoms with Gasteiger partial charge in [0, 0.05) is 40.3 Å². The molecule has 2 aromatic rings. The van der Waals surface area contributed by atoms with Gasteiger partial charge in [-0.05, 0) is 54.6 Å². The summed E-state index contributed by atoms with van der Waals surface area (Å²) in [6, 6.07) is 6.21. The molecular weight excluding hydrogens is 692 g/mol. The maximum Gasteiger partial charge on any atom is 0.246 e. The van der Waals surface area contributed by atoms with Gasteiger partial charge in [-0.3, -0.25) is 19.2 Å². The lowest BCUT2D eigenvalue weighted by Crippen LogP contribution is -2.62. The summed E-state index contributed by atoms with van der Waals surface area (Å²) >= 11 is 0. The highest BCUT2D eigenvalue weighted by atomic mass is 16.5. The van der Waals surface area contributed by atoms with Crippen molar-refractivity contribution in [3.8, 4) is 0 Å². The number of likely N-dealkylation sites (N-methyl/N-ethyl adjacent to an activating group) is 2. The van der Waals surface area contributed by atoms with Crippen LogP contribution in [0.25, 0.3) is 0 Å². The molecular formula is C38H64N10O6. The fourth-order valence-corrected chi connectivity index (χ4v) is 7.64. The monoisotopic (exact) mass is 757 g/mol. The number of aromatic nitrogens is 4. The Morgan fingerprint density at radius 3 is 2.24 bits per heavy atom. The maximum absolute atomic E-state index is 14.2. The Hall–Kier alpha value is -3.99. The van der Waals surface area contributed by atoms with Crippen molar-refractivity contribution in [2.75, 3.05) is 34.9 Å². The average Bonchev–Trinajstić information content (AvgIpc) is 3.87. The second kappa shape index (κ2) is 21.2. The molecule has 1 aliphatic heterocycles. The van der Waals surface area contributed by atoms with Crippen LogP contribution in [-0.4, -0.2) is 131 Å². The van der Waals surface area contributed by atoms with Crippen LogP contribution in [-0.2, 0) is 35.1 Å². The van der Waals surface area contributed by atoms with Crippen LogP contribution in [0.3, 0.4) is 0 Å². The molecule has 302 valence electrons. The number of nitrogens with one attached hydrogen (secondary N) is 4. The van der Waals surface area contributed by atoms with Crippen LogP contribution in [0.1, 0.15) is 84.7 Å². The summed E-state index contributed by atoms with van der Waals surface area (Å²) in [6.45, 7) is 11.9. The summed E-state index contributed by atoms with van der Waals surface area (Å²) in [5.41, 5.74) is 7.29. The lowest BCUT2D eigenvalue weighted by atomic mass is 9.89. The molecule has 1 saturated heterocycles. The van der Waals surface area contributed by atoms with Crippen LogP contribution in [0.2, 0.25) is 0 Å². The summed E-state index contributed by atoms with van der Waals surface area (Å²) in [4.78, 5) is 58.7.